The van der Waals surface area contributed by atoms with Gasteiger partial charge in [-0.15, -0.1) is 11.3 Å². The molecule has 0 aromatic carbocycles. The van der Waals surface area contributed by atoms with Crippen molar-refractivity contribution in [1.29, 1.82) is 0 Å². The molecule has 0 atom stereocenters. The minimum absolute atomic E-state index is 0.0911. The van der Waals surface area contributed by atoms with E-state index in [1.54, 1.807) is 11.3 Å². The topological polar surface area (TPSA) is 64.2 Å². The van der Waals surface area contributed by atoms with Crippen LogP contribution in [0.4, 0.5) is 4.79 Å². The van der Waals surface area contributed by atoms with Gasteiger partial charge in [-0.05, 0) is 24.3 Å². The van der Waals surface area contributed by atoms with Crippen LogP contribution in [0, 0.1) is 0 Å². The molecule has 7 nitrogen and oxygen atoms in total. The summed E-state index contributed by atoms with van der Waals surface area (Å²) in [5.41, 5.74) is 0. The Morgan fingerprint density at radius 3 is 2.31 bits per heavy atom. The molecule has 0 N–H and O–H groups in total. The molecule has 8 heteroatoms. The van der Waals surface area contributed by atoms with Gasteiger partial charge in [0.15, 0.2) is 0 Å². The van der Waals surface area contributed by atoms with E-state index in [1.165, 1.54) is 9.78 Å². The van der Waals surface area contributed by atoms with Gasteiger partial charge < -0.3 is 0 Å². The Bertz CT molecular complexity index is 679. The fourth-order valence-electron chi connectivity index (χ4n) is 4.04. The molecule has 26 heavy (non-hydrogen) atoms. The Hall–Kier alpha value is -1.77. The second-order valence-corrected chi connectivity index (χ2v) is 8.28. The van der Waals surface area contributed by atoms with Crippen molar-refractivity contribution in [3.8, 4) is 0 Å². The molecular weight excluding hydrogens is 352 g/mol. The number of rotatable bonds is 5. The molecule has 0 spiro atoms. The molecule has 140 valence electrons. The van der Waals surface area contributed by atoms with Crippen LogP contribution in [0.5, 0.6) is 0 Å². The van der Waals surface area contributed by atoms with Crippen molar-refractivity contribution in [2.75, 3.05) is 32.8 Å². The lowest BCUT2D eigenvalue weighted by Crippen LogP contribution is -2.51. The summed E-state index contributed by atoms with van der Waals surface area (Å²) in [4.78, 5) is 45.4. The summed E-state index contributed by atoms with van der Waals surface area (Å²) in [6.45, 7) is 4.55. The largest absolute Gasteiger partial charge is 0.335 e. The average molecular weight is 376 g/mol. The van der Waals surface area contributed by atoms with Gasteiger partial charge in [-0.25, -0.2) is 9.69 Å². The molecule has 4 amide bonds. The maximum absolute atomic E-state index is 12.6. The minimum Gasteiger partial charge on any atom is -0.296 e. The highest BCUT2D eigenvalue weighted by molar-refractivity contribution is 7.09. The molecule has 3 fully saturated rings. The van der Waals surface area contributed by atoms with E-state index >= 15 is 0 Å². The molecule has 0 bridgehead atoms. The highest BCUT2D eigenvalue weighted by Gasteiger charge is 2.48. The maximum Gasteiger partial charge on any atom is 0.335 e. The predicted octanol–water partition coefficient (Wildman–Crippen LogP) is 1.56. The monoisotopic (exact) mass is 376 g/mol. The summed E-state index contributed by atoms with van der Waals surface area (Å²) < 4.78 is 0. The highest BCUT2D eigenvalue weighted by atomic mass is 32.1. The summed E-state index contributed by atoms with van der Waals surface area (Å²) in [5.74, 6) is -1.30. The van der Waals surface area contributed by atoms with Crippen LogP contribution >= 0.6 is 11.3 Å². The van der Waals surface area contributed by atoms with Crippen molar-refractivity contribution in [2.45, 2.75) is 38.3 Å². The average Bonchev–Trinajstić information content (AvgIpc) is 3.37. The number of amides is 4. The third-order valence-electron chi connectivity index (χ3n) is 5.54. The van der Waals surface area contributed by atoms with Crippen LogP contribution in [0.1, 0.15) is 30.6 Å². The lowest BCUT2D eigenvalue weighted by molar-refractivity contribution is -0.144. The molecule has 0 unspecified atom stereocenters. The van der Waals surface area contributed by atoms with Crippen molar-refractivity contribution in [3.05, 3.63) is 22.4 Å². The van der Waals surface area contributed by atoms with Crippen LogP contribution in [-0.4, -0.2) is 76.3 Å². The first kappa shape index (κ1) is 17.6. The molecule has 3 aliphatic rings. The number of nitrogens with zero attached hydrogens (tertiary/aromatic N) is 4. The molecule has 1 saturated carbocycles. The standard InChI is InChI=1S/C18H24N4O3S/c23-16-17(24)22(14-4-1-2-5-14)18(25)21(16)13-20-9-7-19(8-10-20)12-15-6-3-11-26-15/h3,6,11,14H,1-2,4-5,7-10,12-13H2. The molecule has 4 rings (SSSR count). The van der Waals surface area contributed by atoms with Gasteiger partial charge in [0.25, 0.3) is 0 Å². The molecular formula is C18H24N4O3S. The van der Waals surface area contributed by atoms with Crippen LogP contribution in [0.25, 0.3) is 0 Å². The zero-order chi connectivity index (χ0) is 18.1. The van der Waals surface area contributed by atoms with Crippen LogP contribution in [0.3, 0.4) is 0 Å². The second-order valence-electron chi connectivity index (χ2n) is 7.24. The van der Waals surface area contributed by atoms with E-state index in [0.717, 1.165) is 63.3 Å². The summed E-state index contributed by atoms with van der Waals surface area (Å²) in [5, 5.41) is 2.09. The van der Waals surface area contributed by atoms with Gasteiger partial charge in [0.1, 0.15) is 0 Å². The number of carbonyl (C=O) groups is 3. The number of thiophene rings is 1. The number of piperazine rings is 1. The van der Waals surface area contributed by atoms with E-state index in [-0.39, 0.29) is 12.7 Å². The maximum atomic E-state index is 12.6. The number of hydrogen-bond acceptors (Lipinski definition) is 6. The lowest BCUT2D eigenvalue weighted by atomic mass is 10.2. The second kappa shape index (κ2) is 7.46. The van der Waals surface area contributed by atoms with Gasteiger partial charge in [-0.2, -0.15) is 0 Å². The summed E-state index contributed by atoms with van der Waals surface area (Å²) in [6.07, 6.45) is 3.67. The first-order valence-corrected chi connectivity index (χ1v) is 10.2. The van der Waals surface area contributed by atoms with Crippen molar-refractivity contribution >= 4 is 29.2 Å². The number of imide groups is 2. The molecule has 0 radical (unpaired) electrons. The van der Waals surface area contributed by atoms with E-state index in [9.17, 15) is 14.4 Å². The molecule has 1 aromatic heterocycles. The zero-order valence-electron chi connectivity index (χ0n) is 14.8. The minimum atomic E-state index is -0.664. The first-order chi connectivity index (χ1) is 12.6. The SMILES string of the molecule is O=C1C(=O)N(C2CCCC2)C(=O)N1CN1CCN(Cc2cccs2)CC1. The van der Waals surface area contributed by atoms with Gasteiger partial charge in [0.2, 0.25) is 0 Å². The predicted molar refractivity (Wildman–Crippen MR) is 97.4 cm³/mol. The molecule has 2 saturated heterocycles. The zero-order valence-corrected chi connectivity index (χ0v) is 15.6. The van der Waals surface area contributed by atoms with E-state index in [4.69, 9.17) is 0 Å². The van der Waals surface area contributed by atoms with Gasteiger partial charge in [0, 0.05) is 43.6 Å². The molecule has 2 aliphatic heterocycles. The third kappa shape index (κ3) is 3.41. The van der Waals surface area contributed by atoms with Crippen LogP contribution in [0.2, 0.25) is 0 Å². The molecule has 3 heterocycles. The fraction of sp³-hybridized carbons (Fsp3) is 0.611. The van der Waals surface area contributed by atoms with E-state index in [2.05, 4.69) is 27.3 Å². The number of urea groups is 1. The Balaban J connectivity index is 1.32. The van der Waals surface area contributed by atoms with Crippen molar-refractivity contribution in [3.63, 3.8) is 0 Å². The summed E-state index contributed by atoms with van der Waals surface area (Å²) in [7, 11) is 0. The third-order valence-corrected chi connectivity index (χ3v) is 6.40. The Labute approximate surface area is 157 Å². The van der Waals surface area contributed by atoms with Crippen LogP contribution in [0.15, 0.2) is 17.5 Å². The van der Waals surface area contributed by atoms with Crippen LogP contribution in [-0.2, 0) is 16.1 Å². The molecule has 1 aliphatic carbocycles. The highest BCUT2D eigenvalue weighted by Crippen LogP contribution is 2.28. The van der Waals surface area contributed by atoms with Gasteiger partial charge in [-0.3, -0.25) is 24.3 Å². The fourth-order valence-corrected chi connectivity index (χ4v) is 4.79. The summed E-state index contributed by atoms with van der Waals surface area (Å²) in [6, 6.07) is 3.69. The smallest absolute Gasteiger partial charge is 0.296 e. The Kier molecular flexibility index (Phi) is 5.06. The van der Waals surface area contributed by atoms with E-state index in [1.807, 2.05) is 0 Å². The van der Waals surface area contributed by atoms with Crippen LogP contribution < -0.4 is 0 Å². The van der Waals surface area contributed by atoms with E-state index < -0.39 is 17.8 Å². The van der Waals surface area contributed by atoms with Crippen molar-refractivity contribution in [2.24, 2.45) is 0 Å². The summed E-state index contributed by atoms with van der Waals surface area (Å²) >= 11 is 1.76. The Morgan fingerprint density at radius 2 is 1.65 bits per heavy atom. The normalized spacial score (nSPS) is 23.6. The van der Waals surface area contributed by atoms with Gasteiger partial charge >= 0.3 is 17.8 Å². The van der Waals surface area contributed by atoms with Gasteiger partial charge in [0.05, 0.1) is 6.67 Å². The van der Waals surface area contributed by atoms with Gasteiger partial charge in [-0.1, -0.05) is 18.9 Å². The number of hydrogen-bond donors (Lipinski definition) is 0. The Morgan fingerprint density at radius 1 is 0.962 bits per heavy atom. The number of carbonyl (C=O) groups excluding carboxylic acids is 3. The lowest BCUT2D eigenvalue weighted by Gasteiger charge is -2.35. The quantitative estimate of drug-likeness (QED) is 0.576. The molecule has 1 aromatic rings. The first-order valence-electron chi connectivity index (χ1n) is 9.29. The van der Waals surface area contributed by atoms with E-state index in [0.29, 0.717) is 0 Å². The van der Waals surface area contributed by atoms with Crippen molar-refractivity contribution in [1.82, 2.24) is 19.6 Å². The van der Waals surface area contributed by atoms with Crippen molar-refractivity contribution < 1.29 is 14.4 Å².